The summed E-state index contributed by atoms with van der Waals surface area (Å²) >= 11 is 0. The third-order valence-corrected chi connectivity index (χ3v) is 7.63. The first kappa shape index (κ1) is 28.1. The van der Waals surface area contributed by atoms with Crippen molar-refractivity contribution in [2.75, 3.05) is 26.2 Å². The number of urea groups is 1. The molecule has 4 atom stereocenters. The second-order valence-electron chi connectivity index (χ2n) is 10.8. The Labute approximate surface area is 230 Å². The SMILES string of the molecule is C[C@@H](CO)NC(=O)N(C[C@@H]1CNC[C@@H]1F)[C@@H](c1nc(-c2cc(F)ccc2F)cn1Cc1ccccc1)C1(O)CC1. The summed E-state index contributed by atoms with van der Waals surface area (Å²) in [6, 6.07) is 10.3. The Balaban J connectivity index is 1.63. The lowest BCUT2D eigenvalue weighted by Gasteiger charge is -2.37. The molecule has 40 heavy (non-hydrogen) atoms. The van der Waals surface area contributed by atoms with Gasteiger partial charge in [-0.15, -0.1) is 0 Å². The molecule has 1 aromatic heterocycles. The van der Waals surface area contributed by atoms with Crippen LogP contribution in [0.3, 0.4) is 0 Å². The van der Waals surface area contributed by atoms with Crippen LogP contribution in [0.2, 0.25) is 0 Å². The van der Waals surface area contributed by atoms with Crippen molar-refractivity contribution in [1.29, 1.82) is 0 Å². The van der Waals surface area contributed by atoms with Gasteiger partial charge in [-0.2, -0.15) is 0 Å². The third-order valence-electron chi connectivity index (χ3n) is 7.63. The van der Waals surface area contributed by atoms with E-state index in [4.69, 9.17) is 4.98 Å². The quantitative estimate of drug-likeness (QED) is 0.306. The Hall–Kier alpha value is -3.41. The molecule has 4 N–H and O–H groups in total. The average molecular weight is 558 g/mol. The molecule has 0 bridgehead atoms. The second kappa shape index (κ2) is 11.6. The Morgan fingerprint density at radius 2 is 1.98 bits per heavy atom. The van der Waals surface area contributed by atoms with Crippen LogP contribution in [0.15, 0.2) is 54.7 Å². The van der Waals surface area contributed by atoms with Gasteiger partial charge in [0.15, 0.2) is 0 Å². The summed E-state index contributed by atoms with van der Waals surface area (Å²) in [5, 5.41) is 26.9. The Bertz CT molecular complexity index is 1330. The fraction of sp³-hybridized carbons (Fsp3) is 0.448. The number of imidazole rings is 1. The van der Waals surface area contributed by atoms with Crippen LogP contribution in [0, 0.1) is 17.6 Å². The summed E-state index contributed by atoms with van der Waals surface area (Å²) in [6.07, 6.45) is 1.14. The summed E-state index contributed by atoms with van der Waals surface area (Å²) in [6.45, 7) is 2.10. The maximum atomic E-state index is 14.8. The topological polar surface area (TPSA) is 103 Å². The van der Waals surface area contributed by atoms with Gasteiger partial charge in [-0.1, -0.05) is 30.3 Å². The summed E-state index contributed by atoms with van der Waals surface area (Å²) in [5.41, 5.74) is -0.368. The van der Waals surface area contributed by atoms with Crippen molar-refractivity contribution in [1.82, 2.24) is 25.1 Å². The van der Waals surface area contributed by atoms with Gasteiger partial charge in [0.25, 0.3) is 0 Å². The van der Waals surface area contributed by atoms with Gasteiger partial charge < -0.3 is 30.3 Å². The molecule has 0 radical (unpaired) electrons. The number of nitrogens with one attached hydrogen (secondary N) is 2. The van der Waals surface area contributed by atoms with Crippen LogP contribution in [0.4, 0.5) is 18.0 Å². The normalized spacial score (nSPS) is 21.1. The van der Waals surface area contributed by atoms with E-state index in [2.05, 4.69) is 10.6 Å². The molecule has 2 heterocycles. The van der Waals surface area contributed by atoms with Gasteiger partial charge in [-0.25, -0.2) is 22.9 Å². The highest BCUT2D eigenvalue weighted by atomic mass is 19.1. The van der Waals surface area contributed by atoms with Gasteiger partial charge in [0.05, 0.1) is 23.9 Å². The highest BCUT2D eigenvalue weighted by Crippen LogP contribution is 2.49. The van der Waals surface area contributed by atoms with E-state index in [1.54, 1.807) is 17.7 Å². The molecule has 5 rings (SSSR count). The summed E-state index contributed by atoms with van der Waals surface area (Å²) < 4.78 is 45.5. The summed E-state index contributed by atoms with van der Waals surface area (Å²) in [7, 11) is 0. The standard InChI is InChI=1S/C29H34F3N5O3/c1-18(17-38)34-28(39)37(15-20-12-33-13-24(20)32)26(29(40)9-10-29)27-35-25(22-11-21(30)7-8-23(22)31)16-36(27)14-19-5-3-2-4-6-19/h2-8,11,16,18,20,24,26,33,38,40H,9-10,12-15,17H2,1H3,(H,34,39)/t18-,20-,24-,26-/m0/s1. The smallest absolute Gasteiger partial charge is 0.318 e. The monoisotopic (exact) mass is 557 g/mol. The van der Waals surface area contributed by atoms with Crippen molar-refractivity contribution < 1.29 is 28.2 Å². The number of benzene rings is 2. The minimum atomic E-state index is -1.35. The van der Waals surface area contributed by atoms with Gasteiger partial charge in [-0.3, -0.25) is 0 Å². The molecule has 0 unspecified atom stereocenters. The van der Waals surface area contributed by atoms with Gasteiger partial charge in [0, 0.05) is 43.9 Å². The zero-order chi connectivity index (χ0) is 28.4. The highest BCUT2D eigenvalue weighted by Gasteiger charge is 2.55. The third kappa shape index (κ3) is 6.01. The molecule has 3 aromatic rings. The lowest BCUT2D eigenvalue weighted by Crippen LogP contribution is -2.52. The van der Waals surface area contributed by atoms with Crippen molar-refractivity contribution in [2.24, 2.45) is 5.92 Å². The van der Waals surface area contributed by atoms with Crippen LogP contribution in [0.5, 0.6) is 0 Å². The average Bonchev–Trinajstić information content (AvgIpc) is 3.34. The predicted molar refractivity (Wildman–Crippen MR) is 143 cm³/mol. The Morgan fingerprint density at radius 1 is 1.23 bits per heavy atom. The molecule has 1 aliphatic carbocycles. The number of alkyl halides is 1. The van der Waals surface area contributed by atoms with Crippen molar-refractivity contribution >= 4 is 6.03 Å². The van der Waals surface area contributed by atoms with Crippen molar-refractivity contribution in [3.05, 3.63) is 77.8 Å². The number of halogens is 3. The molecule has 2 aromatic carbocycles. The van der Waals surface area contributed by atoms with E-state index in [1.165, 1.54) is 4.90 Å². The molecule has 1 saturated carbocycles. The number of hydrogen-bond acceptors (Lipinski definition) is 5. The van der Waals surface area contributed by atoms with Gasteiger partial charge >= 0.3 is 6.03 Å². The number of nitrogens with zero attached hydrogens (tertiary/aromatic N) is 3. The first-order valence-corrected chi connectivity index (χ1v) is 13.5. The largest absolute Gasteiger partial charge is 0.394 e. The molecule has 2 amide bonds. The molecule has 2 aliphatic rings. The predicted octanol–water partition coefficient (Wildman–Crippen LogP) is 3.39. The van der Waals surface area contributed by atoms with E-state index >= 15 is 0 Å². The molecule has 11 heteroatoms. The van der Waals surface area contributed by atoms with Crippen LogP contribution >= 0.6 is 0 Å². The number of carbonyl (C=O) groups excluding carboxylic acids is 1. The van der Waals surface area contributed by atoms with E-state index < -0.39 is 47.4 Å². The molecular weight excluding hydrogens is 523 g/mol. The van der Waals surface area contributed by atoms with Crippen LogP contribution in [-0.4, -0.2) is 74.8 Å². The minimum Gasteiger partial charge on any atom is -0.394 e. The first-order valence-electron chi connectivity index (χ1n) is 13.5. The fourth-order valence-corrected chi connectivity index (χ4v) is 5.23. The second-order valence-corrected chi connectivity index (χ2v) is 10.8. The fourth-order valence-electron chi connectivity index (χ4n) is 5.23. The maximum Gasteiger partial charge on any atom is 0.318 e. The number of hydrogen-bond donors (Lipinski definition) is 4. The molecular formula is C29H34F3N5O3. The zero-order valence-corrected chi connectivity index (χ0v) is 22.2. The van der Waals surface area contributed by atoms with Crippen molar-refractivity contribution in [3.63, 3.8) is 0 Å². The van der Waals surface area contributed by atoms with Crippen molar-refractivity contribution in [2.45, 2.75) is 50.2 Å². The molecule has 8 nitrogen and oxygen atoms in total. The Kier molecular flexibility index (Phi) is 8.16. The molecule has 2 fully saturated rings. The van der Waals surface area contributed by atoms with E-state index in [9.17, 15) is 28.2 Å². The highest BCUT2D eigenvalue weighted by molar-refractivity contribution is 5.75. The summed E-state index contributed by atoms with van der Waals surface area (Å²) in [5.74, 6) is -1.55. The lowest BCUT2D eigenvalue weighted by molar-refractivity contribution is 0.0288. The molecule has 1 aliphatic heterocycles. The maximum absolute atomic E-state index is 14.8. The Morgan fingerprint density at radius 3 is 2.62 bits per heavy atom. The van der Waals surface area contributed by atoms with E-state index in [0.717, 1.165) is 23.8 Å². The number of rotatable bonds is 10. The van der Waals surface area contributed by atoms with Gasteiger partial charge in [-0.05, 0) is 43.5 Å². The van der Waals surface area contributed by atoms with Crippen LogP contribution < -0.4 is 10.6 Å². The molecule has 214 valence electrons. The minimum absolute atomic E-state index is 0.0209. The van der Waals surface area contributed by atoms with Gasteiger partial charge in [0.1, 0.15) is 29.7 Å². The number of carbonyl (C=O) groups is 1. The van der Waals surface area contributed by atoms with Crippen LogP contribution in [0.25, 0.3) is 11.3 Å². The van der Waals surface area contributed by atoms with Crippen molar-refractivity contribution in [3.8, 4) is 11.3 Å². The summed E-state index contributed by atoms with van der Waals surface area (Å²) in [4.78, 5) is 19.7. The van der Waals surface area contributed by atoms with E-state index in [0.29, 0.717) is 19.4 Å². The number of aliphatic hydroxyl groups excluding tert-OH is 1. The number of aliphatic hydroxyl groups is 2. The zero-order valence-electron chi connectivity index (χ0n) is 22.2. The number of aromatic nitrogens is 2. The molecule has 1 saturated heterocycles. The van der Waals surface area contributed by atoms with E-state index in [-0.39, 0.29) is 43.3 Å². The molecule has 0 spiro atoms. The van der Waals surface area contributed by atoms with Gasteiger partial charge in [0.2, 0.25) is 0 Å². The van der Waals surface area contributed by atoms with Crippen LogP contribution in [0.1, 0.15) is 37.2 Å². The van der Waals surface area contributed by atoms with Crippen LogP contribution in [-0.2, 0) is 6.54 Å². The van der Waals surface area contributed by atoms with E-state index in [1.807, 2.05) is 30.3 Å². The number of amides is 2. The first-order chi connectivity index (χ1) is 19.2. The lowest BCUT2D eigenvalue weighted by atomic mass is 10.0.